The van der Waals surface area contributed by atoms with Crippen molar-refractivity contribution >= 4 is 17.7 Å². The van der Waals surface area contributed by atoms with E-state index in [0.29, 0.717) is 38.3 Å². The fourth-order valence-electron chi connectivity index (χ4n) is 4.34. The van der Waals surface area contributed by atoms with Crippen LogP contribution in [0.25, 0.3) is 0 Å². The number of carbonyl (C=O) groups excluding carboxylic acids is 3. The molecule has 2 saturated heterocycles. The number of carbonyl (C=O) groups is 3. The van der Waals surface area contributed by atoms with Crippen molar-refractivity contribution in [2.45, 2.75) is 46.0 Å². The number of rotatable bonds is 3. The van der Waals surface area contributed by atoms with E-state index >= 15 is 0 Å². The standard InChI is InChI=1S/C21H28N2O3/c1-14(2)13-17(24)23-11-9-21(10-12-23)18(19(25)22(4)20(21)26)16-7-5-15(3)6-8-16/h5-8,14,18H,9-13H2,1-4H3. The lowest BCUT2D eigenvalue weighted by molar-refractivity contribution is -0.144. The van der Waals surface area contributed by atoms with E-state index in [1.807, 2.05) is 49.9 Å². The SMILES string of the molecule is Cc1ccc(C2C(=O)N(C)C(=O)C23CCN(C(=O)CC(C)C)CC3)cc1. The number of likely N-dealkylation sites (tertiary alicyclic amines) is 2. The summed E-state index contributed by atoms with van der Waals surface area (Å²) in [6.45, 7) is 7.16. The van der Waals surface area contributed by atoms with E-state index in [-0.39, 0.29) is 17.7 Å². The highest BCUT2D eigenvalue weighted by molar-refractivity contribution is 6.09. The van der Waals surface area contributed by atoms with Crippen LogP contribution in [0.5, 0.6) is 0 Å². The molecule has 0 N–H and O–H groups in total. The number of hydrogen-bond acceptors (Lipinski definition) is 3. The van der Waals surface area contributed by atoms with Gasteiger partial charge in [-0.1, -0.05) is 43.7 Å². The van der Waals surface area contributed by atoms with Gasteiger partial charge in [0.05, 0.1) is 11.3 Å². The lowest BCUT2D eigenvalue weighted by atomic mass is 9.67. The summed E-state index contributed by atoms with van der Waals surface area (Å²) in [7, 11) is 1.58. The summed E-state index contributed by atoms with van der Waals surface area (Å²) in [6.07, 6.45) is 1.62. The molecule has 1 atom stereocenters. The Morgan fingerprint density at radius 1 is 1.15 bits per heavy atom. The molecule has 1 aromatic rings. The van der Waals surface area contributed by atoms with Gasteiger partial charge < -0.3 is 4.90 Å². The Labute approximate surface area is 155 Å². The van der Waals surface area contributed by atoms with E-state index in [2.05, 4.69) is 0 Å². The molecule has 1 aromatic carbocycles. The first kappa shape index (κ1) is 18.6. The number of amides is 3. The largest absolute Gasteiger partial charge is 0.343 e. The molecule has 0 aliphatic carbocycles. The van der Waals surface area contributed by atoms with Crippen LogP contribution in [0, 0.1) is 18.3 Å². The smallest absolute Gasteiger partial charge is 0.237 e. The highest BCUT2D eigenvalue weighted by Gasteiger charge is 2.59. The van der Waals surface area contributed by atoms with Crippen molar-refractivity contribution in [3.05, 3.63) is 35.4 Å². The zero-order valence-electron chi connectivity index (χ0n) is 16.1. The van der Waals surface area contributed by atoms with Gasteiger partial charge in [0, 0.05) is 26.6 Å². The molecule has 140 valence electrons. The van der Waals surface area contributed by atoms with Gasteiger partial charge in [-0.2, -0.15) is 0 Å². The first-order valence-electron chi connectivity index (χ1n) is 9.42. The maximum atomic E-state index is 13.0. The zero-order chi connectivity index (χ0) is 19.1. The molecule has 2 fully saturated rings. The van der Waals surface area contributed by atoms with Crippen LogP contribution in [0.15, 0.2) is 24.3 Å². The van der Waals surface area contributed by atoms with E-state index < -0.39 is 11.3 Å². The van der Waals surface area contributed by atoms with Gasteiger partial charge in [0.2, 0.25) is 17.7 Å². The second kappa shape index (κ2) is 6.86. The summed E-state index contributed by atoms with van der Waals surface area (Å²) in [4.78, 5) is 41.4. The number of nitrogens with zero attached hydrogens (tertiary/aromatic N) is 2. The first-order valence-corrected chi connectivity index (χ1v) is 9.42. The molecule has 0 aromatic heterocycles. The second-order valence-corrected chi connectivity index (χ2v) is 8.18. The fourth-order valence-corrected chi connectivity index (χ4v) is 4.34. The van der Waals surface area contributed by atoms with E-state index in [4.69, 9.17) is 0 Å². The lowest BCUT2D eigenvalue weighted by Crippen LogP contribution is -2.48. The predicted molar refractivity (Wildman–Crippen MR) is 99.4 cm³/mol. The molecule has 26 heavy (non-hydrogen) atoms. The van der Waals surface area contributed by atoms with Crippen molar-refractivity contribution in [3.63, 3.8) is 0 Å². The van der Waals surface area contributed by atoms with Gasteiger partial charge in [0.1, 0.15) is 0 Å². The molecular formula is C21H28N2O3. The number of likely N-dealkylation sites (N-methyl/N-ethyl adjacent to an activating group) is 1. The van der Waals surface area contributed by atoms with Gasteiger partial charge >= 0.3 is 0 Å². The van der Waals surface area contributed by atoms with Crippen LogP contribution in [0.4, 0.5) is 0 Å². The highest BCUT2D eigenvalue weighted by Crippen LogP contribution is 2.51. The van der Waals surface area contributed by atoms with Crippen molar-refractivity contribution in [3.8, 4) is 0 Å². The van der Waals surface area contributed by atoms with E-state index in [9.17, 15) is 14.4 Å². The summed E-state index contributed by atoms with van der Waals surface area (Å²) in [6, 6.07) is 7.89. The Balaban J connectivity index is 1.87. The average Bonchev–Trinajstić information content (AvgIpc) is 2.78. The number of piperidine rings is 1. The number of hydrogen-bond donors (Lipinski definition) is 0. The van der Waals surface area contributed by atoms with Gasteiger partial charge in [-0.15, -0.1) is 0 Å². The Morgan fingerprint density at radius 3 is 2.27 bits per heavy atom. The van der Waals surface area contributed by atoms with E-state index in [1.165, 1.54) is 4.90 Å². The van der Waals surface area contributed by atoms with Crippen molar-refractivity contribution in [1.29, 1.82) is 0 Å². The topological polar surface area (TPSA) is 57.7 Å². The van der Waals surface area contributed by atoms with Crippen molar-refractivity contribution in [2.75, 3.05) is 20.1 Å². The number of aryl methyl sites for hydroxylation is 1. The van der Waals surface area contributed by atoms with Crippen LogP contribution in [-0.2, 0) is 14.4 Å². The third kappa shape index (κ3) is 3.04. The Morgan fingerprint density at radius 2 is 1.73 bits per heavy atom. The van der Waals surface area contributed by atoms with Crippen LogP contribution in [0.1, 0.15) is 50.2 Å². The molecule has 1 spiro atoms. The average molecular weight is 356 g/mol. The molecule has 2 aliphatic heterocycles. The monoisotopic (exact) mass is 356 g/mol. The Hall–Kier alpha value is -2.17. The third-order valence-corrected chi connectivity index (χ3v) is 5.86. The Bertz CT molecular complexity index is 715. The fraction of sp³-hybridized carbons (Fsp3) is 0.571. The molecule has 1 unspecified atom stereocenters. The quantitative estimate of drug-likeness (QED) is 0.783. The minimum atomic E-state index is -0.713. The van der Waals surface area contributed by atoms with E-state index in [0.717, 1.165) is 11.1 Å². The third-order valence-electron chi connectivity index (χ3n) is 5.86. The first-order chi connectivity index (χ1) is 12.3. The molecule has 3 amide bonds. The van der Waals surface area contributed by atoms with Crippen LogP contribution < -0.4 is 0 Å². The molecule has 2 aliphatic rings. The molecule has 3 rings (SSSR count). The normalized spacial score (nSPS) is 22.6. The van der Waals surface area contributed by atoms with Gasteiger partial charge in [-0.3, -0.25) is 19.3 Å². The molecule has 2 heterocycles. The van der Waals surface area contributed by atoms with Crippen LogP contribution >= 0.6 is 0 Å². The zero-order valence-corrected chi connectivity index (χ0v) is 16.1. The molecular weight excluding hydrogens is 328 g/mol. The van der Waals surface area contributed by atoms with Gasteiger partial charge in [0.15, 0.2) is 0 Å². The summed E-state index contributed by atoms with van der Waals surface area (Å²) in [5.74, 6) is -0.195. The summed E-state index contributed by atoms with van der Waals surface area (Å²) in [5.41, 5.74) is 1.32. The Kier molecular flexibility index (Phi) is 4.91. The van der Waals surface area contributed by atoms with Crippen LogP contribution in [0.2, 0.25) is 0 Å². The number of imide groups is 1. The van der Waals surface area contributed by atoms with Crippen molar-refractivity contribution < 1.29 is 14.4 Å². The molecule has 0 radical (unpaired) electrons. The van der Waals surface area contributed by atoms with E-state index in [1.54, 1.807) is 7.05 Å². The molecule has 0 saturated carbocycles. The van der Waals surface area contributed by atoms with Crippen molar-refractivity contribution in [1.82, 2.24) is 9.80 Å². The van der Waals surface area contributed by atoms with Crippen LogP contribution in [0.3, 0.4) is 0 Å². The van der Waals surface area contributed by atoms with Gasteiger partial charge in [-0.25, -0.2) is 0 Å². The second-order valence-electron chi connectivity index (χ2n) is 8.18. The van der Waals surface area contributed by atoms with Crippen LogP contribution in [-0.4, -0.2) is 47.7 Å². The maximum Gasteiger partial charge on any atom is 0.237 e. The number of benzene rings is 1. The lowest BCUT2D eigenvalue weighted by Gasteiger charge is -2.40. The summed E-state index contributed by atoms with van der Waals surface area (Å²) >= 11 is 0. The molecule has 5 nitrogen and oxygen atoms in total. The minimum absolute atomic E-state index is 0.0935. The molecule has 5 heteroatoms. The van der Waals surface area contributed by atoms with Gasteiger partial charge in [0.25, 0.3) is 0 Å². The predicted octanol–water partition coefficient (Wildman–Crippen LogP) is 2.73. The van der Waals surface area contributed by atoms with Gasteiger partial charge in [-0.05, 0) is 31.2 Å². The highest BCUT2D eigenvalue weighted by atomic mass is 16.2. The maximum absolute atomic E-state index is 13.0. The molecule has 0 bridgehead atoms. The summed E-state index contributed by atoms with van der Waals surface area (Å²) in [5, 5.41) is 0. The van der Waals surface area contributed by atoms with Crippen molar-refractivity contribution in [2.24, 2.45) is 11.3 Å². The minimum Gasteiger partial charge on any atom is -0.343 e. The summed E-state index contributed by atoms with van der Waals surface area (Å²) < 4.78 is 0.